The first-order valence-electron chi connectivity index (χ1n) is 8.21. The number of carbonyl (C=O) groups is 1. The highest BCUT2D eigenvalue weighted by molar-refractivity contribution is 9.10. The summed E-state index contributed by atoms with van der Waals surface area (Å²) in [5.41, 5.74) is 3.11. The number of halogens is 1. The third-order valence-electron chi connectivity index (χ3n) is 3.98. The van der Waals surface area contributed by atoms with Crippen molar-refractivity contribution in [2.75, 3.05) is 4.90 Å². The maximum atomic E-state index is 12.8. The summed E-state index contributed by atoms with van der Waals surface area (Å²) in [4.78, 5) is 15.1. The molecule has 1 saturated heterocycles. The van der Waals surface area contributed by atoms with E-state index in [0.717, 1.165) is 22.1 Å². The van der Waals surface area contributed by atoms with Gasteiger partial charge in [0.15, 0.2) is 4.32 Å². The van der Waals surface area contributed by atoms with Crippen molar-refractivity contribution in [3.05, 3.63) is 69.0 Å². The molecule has 2 aromatic rings. The van der Waals surface area contributed by atoms with Gasteiger partial charge in [-0.1, -0.05) is 77.5 Å². The van der Waals surface area contributed by atoms with Crippen LogP contribution in [0.1, 0.15) is 30.9 Å². The van der Waals surface area contributed by atoms with E-state index in [0.29, 0.717) is 9.23 Å². The smallest absolute Gasteiger partial charge is 0.268 e. The molecule has 1 heterocycles. The summed E-state index contributed by atoms with van der Waals surface area (Å²) in [5, 5.41) is 0. The lowest BCUT2D eigenvalue weighted by Gasteiger charge is -2.15. The Morgan fingerprint density at radius 1 is 1.12 bits per heavy atom. The number of thiocarbonyl (C=S) groups is 1. The summed E-state index contributed by atoms with van der Waals surface area (Å²) in [6, 6.07) is 16.0. The average molecular weight is 432 g/mol. The van der Waals surface area contributed by atoms with Gasteiger partial charge in [0.25, 0.3) is 5.91 Å². The normalized spacial score (nSPS) is 16.1. The van der Waals surface area contributed by atoms with Crippen LogP contribution in [0.4, 0.5) is 5.69 Å². The molecule has 0 N–H and O–H groups in total. The molecule has 2 nitrogen and oxygen atoms in total. The molecule has 0 aliphatic carbocycles. The highest BCUT2D eigenvalue weighted by Crippen LogP contribution is 2.36. The van der Waals surface area contributed by atoms with Crippen molar-refractivity contribution in [2.24, 2.45) is 0 Å². The molecule has 1 amide bonds. The van der Waals surface area contributed by atoms with Gasteiger partial charge in [-0.2, -0.15) is 0 Å². The molecule has 1 aliphatic heterocycles. The second-order valence-corrected chi connectivity index (χ2v) is 8.43. The van der Waals surface area contributed by atoms with Crippen molar-refractivity contribution in [1.29, 1.82) is 0 Å². The number of nitrogens with zero attached hydrogens (tertiary/aromatic N) is 1. The molecule has 0 bridgehead atoms. The average Bonchev–Trinajstić information content (AvgIpc) is 2.89. The summed E-state index contributed by atoms with van der Waals surface area (Å²) in [5.74, 6) is -0.0563. The molecule has 128 valence electrons. The van der Waals surface area contributed by atoms with E-state index in [2.05, 4.69) is 35.0 Å². The Kier molecular flexibility index (Phi) is 6.10. The first-order valence-corrected chi connectivity index (χ1v) is 10.2. The fourth-order valence-electron chi connectivity index (χ4n) is 2.59. The Labute approximate surface area is 166 Å². The third kappa shape index (κ3) is 4.40. The van der Waals surface area contributed by atoms with E-state index in [4.69, 9.17) is 12.2 Å². The minimum absolute atomic E-state index is 0.0563. The number of unbranched alkanes of at least 4 members (excludes halogenated alkanes) is 1. The van der Waals surface area contributed by atoms with Crippen LogP contribution in [0.25, 0.3) is 6.08 Å². The van der Waals surface area contributed by atoms with Gasteiger partial charge in [-0.05, 0) is 54.3 Å². The van der Waals surface area contributed by atoms with Crippen LogP contribution in [0.3, 0.4) is 0 Å². The topological polar surface area (TPSA) is 20.3 Å². The van der Waals surface area contributed by atoms with Crippen molar-refractivity contribution in [3.63, 3.8) is 0 Å². The highest BCUT2D eigenvalue weighted by Gasteiger charge is 2.33. The fraction of sp³-hybridized carbons (Fsp3) is 0.200. The minimum atomic E-state index is -0.0563. The molecule has 0 aromatic heterocycles. The number of thioether (sulfide) groups is 1. The standard InChI is InChI=1S/C20H18BrNOS2/c1-2-3-4-14-7-11-17(12-8-14)22-19(23)18(25-20(22)24)13-15-5-9-16(21)10-6-15/h5-13H,2-4H2,1H3/b18-13-. The van der Waals surface area contributed by atoms with E-state index in [9.17, 15) is 4.79 Å². The molecule has 0 atom stereocenters. The number of hydrogen-bond donors (Lipinski definition) is 0. The quantitative estimate of drug-likeness (QED) is 0.415. The van der Waals surface area contributed by atoms with Crippen LogP contribution in [0.5, 0.6) is 0 Å². The largest absolute Gasteiger partial charge is 0.270 e. The van der Waals surface area contributed by atoms with Crippen LogP contribution in [-0.2, 0) is 11.2 Å². The Bertz CT molecular complexity index is 813. The molecular weight excluding hydrogens is 414 g/mol. The second-order valence-electron chi connectivity index (χ2n) is 5.84. The summed E-state index contributed by atoms with van der Waals surface area (Å²) in [7, 11) is 0. The van der Waals surface area contributed by atoms with E-state index < -0.39 is 0 Å². The van der Waals surface area contributed by atoms with Crippen LogP contribution in [0.15, 0.2) is 57.9 Å². The van der Waals surface area contributed by atoms with Gasteiger partial charge in [0.05, 0.1) is 10.6 Å². The molecular formula is C20H18BrNOS2. The van der Waals surface area contributed by atoms with Crippen LogP contribution in [0.2, 0.25) is 0 Å². The fourth-order valence-corrected chi connectivity index (χ4v) is 4.16. The molecule has 25 heavy (non-hydrogen) atoms. The number of anilines is 1. The highest BCUT2D eigenvalue weighted by atomic mass is 79.9. The zero-order valence-corrected chi connectivity index (χ0v) is 17.1. The van der Waals surface area contributed by atoms with Gasteiger partial charge < -0.3 is 0 Å². The Morgan fingerprint density at radius 2 is 1.80 bits per heavy atom. The SMILES string of the molecule is CCCCc1ccc(N2C(=O)/C(=C/c3ccc(Br)cc3)SC2=S)cc1. The van der Waals surface area contributed by atoms with E-state index in [1.807, 2.05) is 42.5 Å². The summed E-state index contributed by atoms with van der Waals surface area (Å²) >= 11 is 10.2. The molecule has 1 aliphatic rings. The number of benzene rings is 2. The predicted molar refractivity (Wildman–Crippen MR) is 115 cm³/mol. The number of amides is 1. The summed E-state index contributed by atoms with van der Waals surface area (Å²) in [6.07, 6.45) is 5.31. The zero-order valence-electron chi connectivity index (χ0n) is 13.9. The minimum Gasteiger partial charge on any atom is -0.268 e. The molecule has 5 heteroatoms. The monoisotopic (exact) mass is 431 g/mol. The Hall–Kier alpha value is -1.43. The lowest BCUT2D eigenvalue weighted by Crippen LogP contribution is -2.27. The van der Waals surface area contributed by atoms with E-state index in [1.54, 1.807) is 4.90 Å². The molecule has 0 saturated carbocycles. The number of aryl methyl sites for hydroxylation is 1. The van der Waals surface area contributed by atoms with Crippen LogP contribution in [0, 0.1) is 0 Å². The molecule has 1 fully saturated rings. The van der Waals surface area contributed by atoms with Crippen LogP contribution < -0.4 is 4.90 Å². The van der Waals surface area contributed by atoms with Gasteiger partial charge in [-0.15, -0.1) is 0 Å². The zero-order chi connectivity index (χ0) is 17.8. The molecule has 3 rings (SSSR count). The van der Waals surface area contributed by atoms with Gasteiger partial charge in [0.1, 0.15) is 0 Å². The van der Waals surface area contributed by atoms with Crippen molar-refractivity contribution in [3.8, 4) is 0 Å². The van der Waals surface area contributed by atoms with Crippen molar-refractivity contribution in [2.45, 2.75) is 26.2 Å². The molecule has 0 unspecified atom stereocenters. The maximum Gasteiger partial charge on any atom is 0.270 e. The van der Waals surface area contributed by atoms with Gasteiger partial charge in [-0.3, -0.25) is 9.69 Å². The van der Waals surface area contributed by atoms with Gasteiger partial charge in [0, 0.05) is 4.47 Å². The lowest BCUT2D eigenvalue weighted by molar-refractivity contribution is -0.113. The summed E-state index contributed by atoms with van der Waals surface area (Å²) < 4.78 is 1.59. The van der Waals surface area contributed by atoms with Gasteiger partial charge in [-0.25, -0.2) is 0 Å². The van der Waals surface area contributed by atoms with Crippen molar-refractivity contribution in [1.82, 2.24) is 0 Å². The third-order valence-corrected chi connectivity index (χ3v) is 5.81. The van der Waals surface area contributed by atoms with Crippen molar-refractivity contribution >= 4 is 61.9 Å². The Balaban J connectivity index is 1.80. The second kappa shape index (κ2) is 8.30. The van der Waals surface area contributed by atoms with Gasteiger partial charge in [0.2, 0.25) is 0 Å². The molecule has 0 radical (unpaired) electrons. The van der Waals surface area contributed by atoms with Crippen molar-refractivity contribution < 1.29 is 4.79 Å². The predicted octanol–water partition coefficient (Wildman–Crippen LogP) is 6.20. The first-order chi connectivity index (χ1) is 12.1. The van der Waals surface area contributed by atoms with Crippen LogP contribution >= 0.6 is 39.9 Å². The number of hydrogen-bond acceptors (Lipinski definition) is 3. The summed E-state index contributed by atoms with van der Waals surface area (Å²) in [6.45, 7) is 2.19. The van der Waals surface area contributed by atoms with Gasteiger partial charge >= 0.3 is 0 Å². The molecule has 2 aromatic carbocycles. The first kappa shape index (κ1) is 18.4. The van der Waals surface area contributed by atoms with E-state index in [-0.39, 0.29) is 5.91 Å². The van der Waals surface area contributed by atoms with E-state index in [1.165, 1.54) is 30.2 Å². The molecule has 0 spiro atoms. The van der Waals surface area contributed by atoms with Crippen LogP contribution in [-0.4, -0.2) is 10.2 Å². The maximum absolute atomic E-state index is 12.8. The number of carbonyl (C=O) groups excluding carboxylic acids is 1. The Morgan fingerprint density at radius 3 is 2.44 bits per heavy atom. The lowest BCUT2D eigenvalue weighted by atomic mass is 10.1. The van der Waals surface area contributed by atoms with E-state index >= 15 is 0 Å². The number of rotatable bonds is 5.